The zero-order chi connectivity index (χ0) is 19.7. The molecular weight excluding hydrogens is 355 g/mol. The van der Waals surface area contributed by atoms with E-state index in [9.17, 15) is 9.18 Å². The van der Waals surface area contributed by atoms with Crippen molar-refractivity contribution in [1.29, 1.82) is 0 Å². The van der Waals surface area contributed by atoms with E-state index in [1.54, 1.807) is 0 Å². The summed E-state index contributed by atoms with van der Waals surface area (Å²) in [6, 6.07) is 8.68. The monoisotopic (exact) mass is 384 g/mol. The van der Waals surface area contributed by atoms with Crippen molar-refractivity contribution < 1.29 is 9.18 Å². The van der Waals surface area contributed by atoms with Gasteiger partial charge < -0.3 is 4.90 Å². The Kier molecular flexibility index (Phi) is 5.23. The van der Waals surface area contributed by atoms with Gasteiger partial charge in [-0.05, 0) is 55.5 Å². The summed E-state index contributed by atoms with van der Waals surface area (Å²) in [6.07, 6.45) is 3.34. The average Bonchev–Trinajstić information content (AvgIpc) is 3.31. The fourth-order valence-corrected chi connectivity index (χ4v) is 4.64. The summed E-state index contributed by atoms with van der Waals surface area (Å²) in [4.78, 5) is 17.3. The molecule has 2 saturated heterocycles. The zero-order valence-corrected chi connectivity index (χ0v) is 16.7. The third-order valence-corrected chi connectivity index (χ3v) is 6.22. The number of hydrogen-bond donors (Lipinski definition) is 1. The van der Waals surface area contributed by atoms with Crippen molar-refractivity contribution in [2.75, 3.05) is 26.2 Å². The van der Waals surface area contributed by atoms with Crippen molar-refractivity contribution in [3.8, 4) is 0 Å². The summed E-state index contributed by atoms with van der Waals surface area (Å²) < 4.78 is 13.2. The second kappa shape index (κ2) is 7.66. The smallest absolute Gasteiger partial charge is 0.274 e. The van der Waals surface area contributed by atoms with Gasteiger partial charge in [-0.15, -0.1) is 0 Å². The van der Waals surface area contributed by atoms with Gasteiger partial charge in [0.05, 0.1) is 0 Å². The molecule has 4 rings (SSSR count). The summed E-state index contributed by atoms with van der Waals surface area (Å²) in [5.74, 6) is 0.177. The van der Waals surface area contributed by atoms with Crippen molar-refractivity contribution in [1.82, 2.24) is 20.0 Å². The van der Waals surface area contributed by atoms with Gasteiger partial charge in [-0.25, -0.2) is 4.39 Å². The normalized spacial score (nSPS) is 23.1. The Morgan fingerprint density at radius 1 is 1.21 bits per heavy atom. The first-order valence-corrected chi connectivity index (χ1v) is 10.3. The first kappa shape index (κ1) is 19.1. The van der Waals surface area contributed by atoms with Crippen LogP contribution in [-0.2, 0) is 6.54 Å². The number of benzene rings is 1. The van der Waals surface area contributed by atoms with Gasteiger partial charge in [0.15, 0.2) is 0 Å². The number of nitrogens with one attached hydrogen (secondary N) is 1. The van der Waals surface area contributed by atoms with Crippen molar-refractivity contribution in [3.05, 3.63) is 53.1 Å². The number of aromatic amines is 1. The second-order valence-corrected chi connectivity index (χ2v) is 8.78. The summed E-state index contributed by atoms with van der Waals surface area (Å²) >= 11 is 0. The molecule has 6 heteroatoms. The Morgan fingerprint density at radius 2 is 2.00 bits per heavy atom. The predicted octanol–water partition coefficient (Wildman–Crippen LogP) is 3.80. The summed E-state index contributed by atoms with van der Waals surface area (Å²) in [6.45, 7) is 8.67. The lowest BCUT2D eigenvalue weighted by atomic mass is 9.79. The number of rotatable bonds is 4. The number of halogens is 1. The molecule has 0 aliphatic carbocycles. The number of amides is 1. The fourth-order valence-electron chi connectivity index (χ4n) is 4.64. The Bertz CT molecular complexity index is 831. The molecular formula is C22H29FN4O. The lowest BCUT2D eigenvalue weighted by molar-refractivity contribution is 0.0671. The lowest BCUT2D eigenvalue weighted by Crippen LogP contribution is -2.45. The van der Waals surface area contributed by atoms with Crippen LogP contribution in [-0.4, -0.2) is 52.1 Å². The lowest BCUT2D eigenvalue weighted by Gasteiger charge is -2.40. The van der Waals surface area contributed by atoms with E-state index in [4.69, 9.17) is 0 Å². The van der Waals surface area contributed by atoms with Crippen LogP contribution in [0.5, 0.6) is 0 Å². The molecule has 5 nitrogen and oxygen atoms in total. The Labute approximate surface area is 165 Å². The third-order valence-electron chi connectivity index (χ3n) is 6.22. The highest BCUT2D eigenvalue weighted by molar-refractivity contribution is 5.92. The number of likely N-dealkylation sites (tertiary alicyclic amines) is 2. The molecule has 0 unspecified atom stereocenters. The maximum atomic E-state index is 13.2. The molecule has 1 aromatic heterocycles. The molecule has 1 amide bonds. The van der Waals surface area contributed by atoms with E-state index in [1.165, 1.54) is 12.1 Å². The van der Waals surface area contributed by atoms with Crippen LogP contribution in [0.15, 0.2) is 30.3 Å². The highest BCUT2D eigenvalue weighted by atomic mass is 19.1. The molecule has 2 aromatic rings. The van der Waals surface area contributed by atoms with Crippen LogP contribution in [0.25, 0.3) is 0 Å². The minimum atomic E-state index is -0.192. The van der Waals surface area contributed by atoms with Crippen LogP contribution in [0.2, 0.25) is 0 Å². The Morgan fingerprint density at radius 3 is 2.71 bits per heavy atom. The fraction of sp³-hybridized carbons (Fsp3) is 0.545. The van der Waals surface area contributed by atoms with Crippen molar-refractivity contribution in [2.45, 2.75) is 45.6 Å². The van der Waals surface area contributed by atoms with Crippen LogP contribution in [0.4, 0.5) is 4.39 Å². The third kappa shape index (κ3) is 3.97. The zero-order valence-electron chi connectivity index (χ0n) is 16.7. The molecule has 2 aliphatic rings. The number of H-pyrrole nitrogens is 1. The van der Waals surface area contributed by atoms with Crippen molar-refractivity contribution in [3.63, 3.8) is 0 Å². The predicted molar refractivity (Wildman–Crippen MR) is 107 cm³/mol. The molecule has 3 heterocycles. The van der Waals surface area contributed by atoms with Gasteiger partial charge in [0.25, 0.3) is 5.91 Å². The molecule has 28 heavy (non-hydrogen) atoms. The first-order chi connectivity index (χ1) is 13.4. The van der Waals surface area contributed by atoms with Crippen LogP contribution in [0.1, 0.15) is 60.8 Å². The average molecular weight is 384 g/mol. The molecule has 0 saturated carbocycles. The maximum absolute atomic E-state index is 13.2. The molecule has 1 aromatic carbocycles. The molecule has 1 N–H and O–H groups in total. The van der Waals surface area contributed by atoms with E-state index in [0.717, 1.165) is 63.2 Å². The van der Waals surface area contributed by atoms with Crippen LogP contribution >= 0.6 is 0 Å². The SMILES string of the molecule is CC(C)c1cc(C(=O)N2CC[C@]3(CCCN(Cc4ccc(F)cc4)C3)C2)n[nH]1. The van der Waals surface area contributed by atoms with Gasteiger partial charge in [-0.2, -0.15) is 5.10 Å². The number of carbonyl (C=O) groups is 1. The highest BCUT2D eigenvalue weighted by Gasteiger charge is 2.43. The van der Waals surface area contributed by atoms with E-state index in [-0.39, 0.29) is 17.1 Å². The number of aromatic nitrogens is 2. The molecule has 1 atom stereocenters. The molecule has 2 aliphatic heterocycles. The molecule has 0 radical (unpaired) electrons. The summed E-state index contributed by atoms with van der Waals surface area (Å²) in [5, 5.41) is 7.22. The second-order valence-electron chi connectivity index (χ2n) is 8.78. The van der Waals surface area contributed by atoms with Gasteiger partial charge in [0.1, 0.15) is 11.5 Å². The quantitative estimate of drug-likeness (QED) is 0.872. The number of carbonyl (C=O) groups excluding carboxylic acids is 1. The van der Waals surface area contributed by atoms with Gasteiger partial charge in [-0.1, -0.05) is 26.0 Å². The minimum Gasteiger partial charge on any atom is -0.337 e. The highest BCUT2D eigenvalue weighted by Crippen LogP contribution is 2.39. The first-order valence-electron chi connectivity index (χ1n) is 10.3. The topological polar surface area (TPSA) is 52.2 Å². The number of hydrogen-bond acceptors (Lipinski definition) is 3. The Hall–Kier alpha value is -2.21. The van der Waals surface area contributed by atoms with E-state index in [2.05, 4.69) is 28.9 Å². The molecule has 0 bridgehead atoms. The maximum Gasteiger partial charge on any atom is 0.274 e. The summed E-state index contributed by atoms with van der Waals surface area (Å²) in [7, 11) is 0. The molecule has 2 fully saturated rings. The van der Waals surface area contributed by atoms with E-state index in [1.807, 2.05) is 23.1 Å². The molecule has 150 valence electrons. The van der Waals surface area contributed by atoms with Crippen molar-refractivity contribution >= 4 is 5.91 Å². The van der Waals surface area contributed by atoms with Crippen LogP contribution in [0.3, 0.4) is 0 Å². The van der Waals surface area contributed by atoms with E-state index >= 15 is 0 Å². The van der Waals surface area contributed by atoms with Gasteiger partial charge >= 0.3 is 0 Å². The molecule has 1 spiro atoms. The van der Waals surface area contributed by atoms with Crippen LogP contribution in [0, 0.1) is 11.2 Å². The van der Waals surface area contributed by atoms with Gasteiger partial charge in [0, 0.05) is 37.3 Å². The van der Waals surface area contributed by atoms with Gasteiger partial charge in [-0.3, -0.25) is 14.8 Å². The van der Waals surface area contributed by atoms with E-state index < -0.39 is 0 Å². The summed E-state index contributed by atoms with van der Waals surface area (Å²) in [5.41, 5.74) is 2.84. The van der Waals surface area contributed by atoms with Crippen molar-refractivity contribution in [2.24, 2.45) is 5.41 Å². The minimum absolute atomic E-state index is 0.0377. The van der Waals surface area contributed by atoms with Crippen LogP contribution < -0.4 is 0 Å². The number of nitrogens with zero attached hydrogens (tertiary/aromatic N) is 3. The Balaban J connectivity index is 1.40. The largest absolute Gasteiger partial charge is 0.337 e. The van der Waals surface area contributed by atoms with E-state index in [0.29, 0.717) is 11.6 Å². The standard InChI is InChI=1S/C22H29FN4O/c1-16(2)19-12-20(25-24-19)21(28)27-11-9-22(15-27)8-3-10-26(14-22)13-17-4-6-18(23)7-5-17/h4-7,12,16H,3,8-11,13-15H2,1-2H3,(H,24,25)/t22-/m0/s1. The van der Waals surface area contributed by atoms with Gasteiger partial charge in [0.2, 0.25) is 0 Å². The number of piperidine rings is 1.